The van der Waals surface area contributed by atoms with Crippen molar-refractivity contribution in [3.8, 4) is 11.5 Å². The third-order valence-electron chi connectivity index (χ3n) is 3.28. The van der Waals surface area contributed by atoms with Gasteiger partial charge in [-0.05, 0) is 17.4 Å². The first-order valence-electron chi connectivity index (χ1n) is 7.13. The topological polar surface area (TPSA) is 138 Å². The third kappa shape index (κ3) is 3.54. The van der Waals surface area contributed by atoms with E-state index >= 15 is 0 Å². The Hall–Kier alpha value is -3.66. The Balaban J connectivity index is 1.94. The zero-order chi connectivity index (χ0) is 18.7. The number of benzene rings is 2. The number of phenols is 2. The molecule has 0 saturated carbocycles. The van der Waals surface area contributed by atoms with Crippen LogP contribution >= 0.6 is 11.3 Å². The van der Waals surface area contributed by atoms with Crippen LogP contribution in [0, 0.1) is 10.1 Å². The number of hydrogen-bond acceptors (Lipinski definition) is 9. The molecule has 130 valence electrons. The highest BCUT2D eigenvalue weighted by atomic mass is 32.1. The van der Waals surface area contributed by atoms with Crippen LogP contribution in [0.3, 0.4) is 0 Å². The van der Waals surface area contributed by atoms with Crippen LogP contribution in [-0.2, 0) is 0 Å². The first kappa shape index (κ1) is 17.2. The Bertz CT molecular complexity index is 1020. The zero-order valence-electron chi connectivity index (χ0n) is 12.9. The van der Waals surface area contributed by atoms with Crippen molar-refractivity contribution in [3.63, 3.8) is 0 Å². The van der Waals surface area contributed by atoms with Gasteiger partial charge in [-0.1, -0.05) is 30.3 Å². The van der Waals surface area contributed by atoms with E-state index in [-0.39, 0.29) is 21.4 Å². The molecule has 0 atom stereocenters. The standard InChI is InChI=1S/C16H10N4O5S/c21-12-7-13(22)11(18-19-16-17-8-14(26-16)20(24)25)6-10(12)15(23)9-4-2-1-3-5-9/h1-8,21-22H. The minimum atomic E-state index is -0.606. The smallest absolute Gasteiger partial charge is 0.345 e. The lowest BCUT2D eigenvalue weighted by Gasteiger charge is -2.06. The molecule has 1 aromatic heterocycles. The van der Waals surface area contributed by atoms with Gasteiger partial charge in [0, 0.05) is 11.6 Å². The van der Waals surface area contributed by atoms with Crippen molar-refractivity contribution in [2.24, 2.45) is 10.2 Å². The van der Waals surface area contributed by atoms with E-state index in [2.05, 4.69) is 15.2 Å². The number of carbonyl (C=O) groups excluding carboxylic acids is 1. The molecule has 10 heteroatoms. The highest BCUT2D eigenvalue weighted by molar-refractivity contribution is 7.18. The Morgan fingerprint density at radius 2 is 1.85 bits per heavy atom. The van der Waals surface area contributed by atoms with Crippen LogP contribution in [0.5, 0.6) is 11.5 Å². The van der Waals surface area contributed by atoms with Gasteiger partial charge in [-0.15, -0.1) is 10.2 Å². The molecule has 2 N–H and O–H groups in total. The van der Waals surface area contributed by atoms with Gasteiger partial charge in [-0.3, -0.25) is 14.9 Å². The summed E-state index contributed by atoms with van der Waals surface area (Å²) in [6.07, 6.45) is 1.04. The normalized spacial score (nSPS) is 10.9. The highest BCUT2D eigenvalue weighted by Gasteiger charge is 2.17. The van der Waals surface area contributed by atoms with Crippen molar-refractivity contribution in [1.29, 1.82) is 0 Å². The molecular formula is C16H10N4O5S. The average molecular weight is 370 g/mol. The fraction of sp³-hybridized carbons (Fsp3) is 0. The van der Waals surface area contributed by atoms with Crippen molar-refractivity contribution in [1.82, 2.24) is 4.98 Å². The minimum Gasteiger partial charge on any atom is -0.507 e. The molecule has 0 fully saturated rings. The third-order valence-corrected chi connectivity index (χ3v) is 4.11. The molecule has 0 bridgehead atoms. The summed E-state index contributed by atoms with van der Waals surface area (Å²) in [7, 11) is 0. The summed E-state index contributed by atoms with van der Waals surface area (Å²) in [5.41, 5.74) is 0.208. The van der Waals surface area contributed by atoms with Gasteiger partial charge in [0.15, 0.2) is 5.78 Å². The fourth-order valence-electron chi connectivity index (χ4n) is 2.06. The van der Waals surface area contributed by atoms with E-state index < -0.39 is 22.2 Å². The molecule has 1 heterocycles. The van der Waals surface area contributed by atoms with E-state index in [0.29, 0.717) is 16.9 Å². The van der Waals surface area contributed by atoms with Crippen molar-refractivity contribution in [2.75, 3.05) is 0 Å². The maximum absolute atomic E-state index is 12.5. The maximum Gasteiger partial charge on any atom is 0.345 e. The summed E-state index contributed by atoms with van der Waals surface area (Å²) in [4.78, 5) is 26.2. The second-order valence-electron chi connectivity index (χ2n) is 4.99. The molecule has 0 unspecified atom stereocenters. The van der Waals surface area contributed by atoms with Crippen LogP contribution in [-0.4, -0.2) is 25.9 Å². The van der Waals surface area contributed by atoms with Gasteiger partial charge in [-0.25, -0.2) is 4.98 Å². The van der Waals surface area contributed by atoms with Crippen molar-refractivity contribution >= 4 is 32.9 Å². The van der Waals surface area contributed by atoms with E-state index in [1.54, 1.807) is 30.3 Å². The van der Waals surface area contributed by atoms with Crippen LogP contribution in [0.15, 0.2) is 58.9 Å². The number of nitrogens with zero attached hydrogens (tertiary/aromatic N) is 4. The van der Waals surface area contributed by atoms with Gasteiger partial charge in [-0.2, -0.15) is 0 Å². The van der Waals surface area contributed by atoms with Gasteiger partial charge in [0.05, 0.1) is 10.5 Å². The van der Waals surface area contributed by atoms with Crippen LogP contribution in [0.4, 0.5) is 15.8 Å². The van der Waals surface area contributed by atoms with Crippen LogP contribution in [0.2, 0.25) is 0 Å². The van der Waals surface area contributed by atoms with E-state index in [4.69, 9.17) is 0 Å². The molecule has 3 rings (SSSR count). The SMILES string of the molecule is O=C(c1ccccc1)c1cc(N=Nc2ncc([N+](=O)[O-])s2)c(O)cc1O. The Morgan fingerprint density at radius 3 is 2.50 bits per heavy atom. The number of aromatic hydroxyl groups is 2. The lowest BCUT2D eigenvalue weighted by Crippen LogP contribution is -2.01. The molecule has 0 aliphatic carbocycles. The number of azo groups is 1. The van der Waals surface area contributed by atoms with Gasteiger partial charge >= 0.3 is 5.00 Å². The summed E-state index contributed by atoms with van der Waals surface area (Å²) in [5, 5.41) is 37.8. The number of hydrogen-bond donors (Lipinski definition) is 2. The van der Waals surface area contributed by atoms with Crippen molar-refractivity contribution in [2.45, 2.75) is 0 Å². The molecule has 0 amide bonds. The predicted molar refractivity (Wildman–Crippen MR) is 92.6 cm³/mol. The number of carbonyl (C=O) groups is 1. The van der Waals surface area contributed by atoms with E-state index in [1.807, 2.05) is 0 Å². The van der Waals surface area contributed by atoms with Crippen molar-refractivity contribution < 1.29 is 19.9 Å². The number of nitro groups is 1. The minimum absolute atomic E-state index is 0.0140. The first-order valence-corrected chi connectivity index (χ1v) is 7.95. The molecule has 0 saturated heterocycles. The lowest BCUT2D eigenvalue weighted by atomic mass is 10.0. The maximum atomic E-state index is 12.5. The van der Waals surface area contributed by atoms with Gasteiger partial charge in [0.1, 0.15) is 23.4 Å². The number of rotatable bonds is 5. The summed E-state index contributed by atoms with van der Waals surface area (Å²) in [5.74, 6) is -1.26. The van der Waals surface area contributed by atoms with Gasteiger partial charge < -0.3 is 10.2 Å². The van der Waals surface area contributed by atoms with Gasteiger partial charge in [0.2, 0.25) is 5.13 Å². The second-order valence-corrected chi connectivity index (χ2v) is 5.98. The second kappa shape index (κ2) is 7.07. The molecule has 3 aromatic rings. The van der Waals surface area contributed by atoms with E-state index in [0.717, 1.165) is 12.3 Å². The zero-order valence-corrected chi connectivity index (χ0v) is 13.8. The fourth-order valence-corrected chi connectivity index (χ4v) is 2.61. The quantitative estimate of drug-likeness (QED) is 0.300. The Labute approximate surface area is 150 Å². The number of ketones is 1. The van der Waals surface area contributed by atoms with Gasteiger partial charge in [0.25, 0.3) is 0 Å². The lowest BCUT2D eigenvalue weighted by molar-refractivity contribution is -0.380. The highest BCUT2D eigenvalue weighted by Crippen LogP contribution is 2.36. The van der Waals surface area contributed by atoms with E-state index in [1.165, 1.54) is 6.07 Å². The molecule has 2 aromatic carbocycles. The molecule has 9 nitrogen and oxygen atoms in total. The van der Waals surface area contributed by atoms with Crippen LogP contribution in [0.25, 0.3) is 0 Å². The van der Waals surface area contributed by atoms with E-state index in [9.17, 15) is 25.1 Å². The molecule has 0 radical (unpaired) electrons. The molecule has 0 aliphatic rings. The molecule has 26 heavy (non-hydrogen) atoms. The van der Waals surface area contributed by atoms with Crippen molar-refractivity contribution in [3.05, 3.63) is 69.9 Å². The number of aromatic nitrogens is 1. The Kier molecular flexibility index (Phi) is 4.67. The summed E-state index contributed by atoms with van der Waals surface area (Å²) in [6.45, 7) is 0. The summed E-state index contributed by atoms with van der Waals surface area (Å²) >= 11 is 0.708. The summed E-state index contributed by atoms with van der Waals surface area (Å²) in [6, 6.07) is 10.5. The molecule has 0 spiro atoms. The monoisotopic (exact) mass is 370 g/mol. The largest absolute Gasteiger partial charge is 0.507 e. The number of thiazole rings is 1. The number of phenolic OH excluding ortho intramolecular Hbond substituents is 2. The molecular weight excluding hydrogens is 360 g/mol. The molecule has 0 aliphatic heterocycles. The van der Waals surface area contributed by atoms with Crippen LogP contribution < -0.4 is 0 Å². The van der Waals surface area contributed by atoms with Crippen LogP contribution in [0.1, 0.15) is 15.9 Å². The first-order chi connectivity index (χ1) is 12.5. The summed E-state index contributed by atoms with van der Waals surface area (Å²) < 4.78 is 0. The Morgan fingerprint density at radius 1 is 1.12 bits per heavy atom. The predicted octanol–water partition coefficient (Wildman–Crippen LogP) is 4.11. The average Bonchev–Trinajstić information content (AvgIpc) is 3.10.